The number of hydrogen-bond donors (Lipinski definition) is 0. The predicted molar refractivity (Wildman–Crippen MR) is 171 cm³/mol. The van der Waals surface area contributed by atoms with Crippen LogP contribution in [-0.2, 0) is 0 Å². The molecule has 2 heteroatoms. The topological polar surface area (TPSA) is 0 Å². The van der Waals surface area contributed by atoms with Crippen molar-refractivity contribution in [3.63, 3.8) is 0 Å². The van der Waals surface area contributed by atoms with Crippen molar-refractivity contribution < 1.29 is 0 Å². The number of rotatable bonds is 6. The van der Waals surface area contributed by atoms with Crippen LogP contribution in [0.4, 0.5) is 0 Å². The van der Waals surface area contributed by atoms with Crippen LogP contribution in [0.3, 0.4) is 0 Å². The van der Waals surface area contributed by atoms with Crippen LogP contribution < -0.4 is 0 Å². The van der Waals surface area contributed by atoms with Crippen LogP contribution in [0, 0.1) is 13.8 Å². The highest BCUT2D eigenvalue weighted by Crippen LogP contribution is 2.32. The van der Waals surface area contributed by atoms with E-state index in [1.807, 2.05) is 0 Å². The van der Waals surface area contributed by atoms with Crippen molar-refractivity contribution in [1.29, 1.82) is 0 Å². The van der Waals surface area contributed by atoms with E-state index in [1.54, 1.807) is 0 Å². The number of aryl methyl sites for hydroxylation is 2. The van der Waals surface area contributed by atoms with E-state index in [1.165, 1.54) is 55.7 Å². The Balaban J connectivity index is 1.61. The molecular formula is C36H28Br2. The minimum Gasteiger partial charge on any atom is -0.0622 e. The fourth-order valence-corrected chi connectivity index (χ4v) is 5.17. The first-order valence-corrected chi connectivity index (χ1v) is 14.2. The number of halogens is 2. The number of benzene rings is 5. The van der Waals surface area contributed by atoms with Crippen LogP contribution in [0.25, 0.3) is 23.3 Å². The van der Waals surface area contributed by atoms with E-state index in [0.717, 1.165) is 8.95 Å². The fraction of sp³-hybridized carbons (Fsp3) is 0.0556. The highest BCUT2D eigenvalue weighted by Gasteiger charge is 2.10. The van der Waals surface area contributed by atoms with Crippen molar-refractivity contribution in [2.75, 3.05) is 0 Å². The average molecular weight is 620 g/mol. The SMILES string of the molecule is Cc1cc(C=C(c2ccccc2)c2ccc(Br)cc2)c(C)cc1C=C(c1ccccc1)c1ccc(Br)cc1. The van der Waals surface area contributed by atoms with Gasteiger partial charge < -0.3 is 0 Å². The summed E-state index contributed by atoms with van der Waals surface area (Å²) in [6.45, 7) is 4.41. The minimum atomic E-state index is 1.08. The molecule has 5 aromatic rings. The van der Waals surface area contributed by atoms with E-state index in [9.17, 15) is 0 Å². The van der Waals surface area contributed by atoms with Crippen molar-refractivity contribution in [1.82, 2.24) is 0 Å². The maximum atomic E-state index is 3.58. The van der Waals surface area contributed by atoms with Gasteiger partial charge >= 0.3 is 0 Å². The van der Waals surface area contributed by atoms with E-state index in [2.05, 4.69) is 179 Å². The summed E-state index contributed by atoms with van der Waals surface area (Å²) in [6.07, 6.45) is 4.64. The maximum absolute atomic E-state index is 3.58. The summed E-state index contributed by atoms with van der Waals surface area (Å²) in [4.78, 5) is 0. The Kier molecular flexibility index (Phi) is 8.22. The second-order valence-corrected chi connectivity index (χ2v) is 11.3. The van der Waals surface area contributed by atoms with Gasteiger partial charge in [-0.3, -0.25) is 0 Å². The standard InChI is InChI=1S/C36H28Br2/c1-25-21-32(24-36(28-11-7-4-8-12-28)30-15-19-34(38)20-16-30)26(2)22-31(25)23-35(27-9-5-3-6-10-27)29-13-17-33(37)18-14-29/h3-24H,1-2H3. The molecule has 0 nitrogen and oxygen atoms in total. The van der Waals surface area contributed by atoms with Crippen molar-refractivity contribution in [3.05, 3.63) is 175 Å². The van der Waals surface area contributed by atoms with Gasteiger partial charge in [0.25, 0.3) is 0 Å². The zero-order valence-electron chi connectivity index (χ0n) is 21.5. The largest absolute Gasteiger partial charge is 0.0622 e. The molecule has 0 saturated heterocycles. The van der Waals surface area contributed by atoms with Crippen LogP contribution in [0.5, 0.6) is 0 Å². The van der Waals surface area contributed by atoms with Crippen molar-refractivity contribution >= 4 is 55.2 Å². The molecule has 0 unspecified atom stereocenters. The lowest BCUT2D eigenvalue weighted by Gasteiger charge is -2.14. The fourth-order valence-electron chi connectivity index (χ4n) is 4.64. The molecule has 5 rings (SSSR count). The lowest BCUT2D eigenvalue weighted by atomic mass is 9.91. The summed E-state index contributed by atoms with van der Waals surface area (Å²) in [5.41, 5.74) is 12.2. The quantitative estimate of drug-likeness (QED) is 0.166. The Labute approximate surface area is 242 Å². The van der Waals surface area contributed by atoms with E-state index in [0.29, 0.717) is 0 Å². The zero-order chi connectivity index (χ0) is 26.5. The lowest BCUT2D eigenvalue weighted by Crippen LogP contribution is -1.94. The van der Waals surface area contributed by atoms with E-state index < -0.39 is 0 Å². The molecule has 0 N–H and O–H groups in total. The van der Waals surface area contributed by atoms with Crippen LogP contribution in [0.15, 0.2) is 130 Å². The first kappa shape index (κ1) is 26.2. The molecule has 186 valence electrons. The first-order valence-electron chi connectivity index (χ1n) is 12.7. The van der Waals surface area contributed by atoms with Gasteiger partial charge in [0.05, 0.1) is 0 Å². The van der Waals surface area contributed by atoms with Crippen LogP contribution in [-0.4, -0.2) is 0 Å². The van der Waals surface area contributed by atoms with E-state index in [4.69, 9.17) is 0 Å². The Morgan fingerprint density at radius 3 is 1.11 bits per heavy atom. The van der Waals surface area contributed by atoms with E-state index in [-0.39, 0.29) is 0 Å². The molecule has 0 bridgehead atoms. The van der Waals surface area contributed by atoms with Gasteiger partial charge in [0.2, 0.25) is 0 Å². The van der Waals surface area contributed by atoms with Gasteiger partial charge in [0.1, 0.15) is 0 Å². The molecule has 0 atom stereocenters. The second-order valence-electron chi connectivity index (χ2n) is 9.43. The highest BCUT2D eigenvalue weighted by atomic mass is 79.9. The molecule has 0 heterocycles. The van der Waals surface area contributed by atoms with E-state index >= 15 is 0 Å². The summed E-state index contributed by atoms with van der Waals surface area (Å²) in [7, 11) is 0. The summed E-state index contributed by atoms with van der Waals surface area (Å²) in [5, 5.41) is 0. The van der Waals surface area contributed by atoms with Crippen LogP contribution >= 0.6 is 31.9 Å². The summed E-state index contributed by atoms with van der Waals surface area (Å²) in [5.74, 6) is 0. The zero-order valence-corrected chi connectivity index (χ0v) is 24.6. The van der Waals surface area contributed by atoms with Gasteiger partial charge in [-0.15, -0.1) is 0 Å². The van der Waals surface area contributed by atoms with Gasteiger partial charge in [-0.25, -0.2) is 0 Å². The maximum Gasteiger partial charge on any atom is 0.0175 e. The van der Waals surface area contributed by atoms with Gasteiger partial charge in [-0.1, -0.05) is 129 Å². The molecule has 0 saturated carbocycles. The average Bonchev–Trinajstić information content (AvgIpc) is 2.94. The molecule has 0 aliphatic heterocycles. The second kappa shape index (κ2) is 11.9. The number of hydrogen-bond acceptors (Lipinski definition) is 0. The first-order chi connectivity index (χ1) is 18.5. The third-order valence-electron chi connectivity index (χ3n) is 6.73. The highest BCUT2D eigenvalue weighted by molar-refractivity contribution is 9.10. The van der Waals surface area contributed by atoms with Gasteiger partial charge in [-0.05, 0) is 106 Å². The Morgan fingerprint density at radius 2 is 0.763 bits per heavy atom. The van der Waals surface area contributed by atoms with Crippen LogP contribution in [0.2, 0.25) is 0 Å². The monoisotopic (exact) mass is 618 g/mol. The molecule has 0 radical (unpaired) electrons. The molecule has 0 spiro atoms. The summed E-state index contributed by atoms with van der Waals surface area (Å²) >= 11 is 7.15. The Morgan fingerprint density at radius 1 is 0.447 bits per heavy atom. The Hall–Kier alpha value is -3.46. The molecule has 5 aromatic carbocycles. The van der Waals surface area contributed by atoms with Crippen molar-refractivity contribution in [2.24, 2.45) is 0 Å². The minimum absolute atomic E-state index is 1.08. The summed E-state index contributed by atoms with van der Waals surface area (Å²) < 4.78 is 2.16. The molecule has 0 aliphatic rings. The van der Waals surface area contributed by atoms with Crippen molar-refractivity contribution in [3.8, 4) is 0 Å². The van der Waals surface area contributed by atoms with Crippen molar-refractivity contribution in [2.45, 2.75) is 13.8 Å². The molecule has 38 heavy (non-hydrogen) atoms. The smallest absolute Gasteiger partial charge is 0.0175 e. The molecule has 0 amide bonds. The van der Waals surface area contributed by atoms with Gasteiger partial charge in [0, 0.05) is 8.95 Å². The van der Waals surface area contributed by atoms with Gasteiger partial charge in [-0.2, -0.15) is 0 Å². The lowest BCUT2D eigenvalue weighted by molar-refractivity contribution is 1.35. The normalized spacial score (nSPS) is 12.0. The predicted octanol–water partition coefficient (Wildman–Crippen LogP) is 11.0. The third-order valence-corrected chi connectivity index (χ3v) is 7.79. The Bertz CT molecular complexity index is 1470. The third kappa shape index (κ3) is 6.15. The molecular weight excluding hydrogens is 592 g/mol. The molecule has 0 aromatic heterocycles. The molecule has 0 aliphatic carbocycles. The molecule has 0 fully saturated rings. The van der Waals surface area contributed by atoms with Crippen LogP contribution in [0.1, 0.15) is 44.5 Å². The van der Waals surface area contributed by atoms with Gasteiger partial charge in [0.15, 0.2) is 0 Å². The summed E-state index contributed by atoms with van der Waals surface area (Å²) in [6, 6.07) is 43.0.